The first-order chi connectivity index (χ1) is 12.5. The zero-order chi connectivity index (χ0) is 18.3. The van der Waals surface area contributed by atoms with Crippen LogP contribution in [0.1, 0.15) is 23.5 Å². The Morgan fingerprint density at radius 3 is 2.77 bits per heavy atom. The van der Waals surface area contributed by atoms with Gasteiger partial charge < -0.3 is 25.1 Å². The first-order valence-corrected chi connectivity index (χ1v) is 8.51. The van der Waals surface area contributed by atoms with Crippen molar-refractivity contribution < 1.29 is 19.3 Å². The summed E-state index contributed by atoms with van der Waals surface area (Å²) in [5, 5.41) is 10.9. The molecule has 4 rings (SSSR count). The monoisotopic (exact) mass is 359 g/mol. The van der Waals surface area contributed by atoms with Crippen molar-refractivity contribution in [2.75, 3.05) is 18.9 Å². The predicted octanol–water partition coefficient (Wildman–Crippen LogP) is 0.549. The molecule has 26 heavy (non-hydrogen) atoms. The van der Waals surface area contributed by atoms with Gasteiger partial charge in [-0.25, -0.2) is 4.79 Å². The third-order valence-electron chi connectivity index (χ3n) is 4.87. The quantitative estimate of drug-likeness (QED) is 0.806. The maximum atomic E-state index is 12.2. The number of nitrogens with zero attached hydrogens (tertiary/aromatic N) is 2. The Hall–Kier alpha value is -2.26. The topological polar surface area (TPSA) is 109 Å². The van der Waals surface area contributed by atoms with Crippen molar-refractivity contribution in [3.8, 4) is 0 Å². The molecule has 0 amide bonds. The molecule has 2 saturated heterocycles. The fraction of sp³-hybridized carbons (Fsp3) is 0.444. The summed E-state index contributed by atoms with van der Waals surface area (Å²) in [6.07, 6.45) is -0.933. The lowest BCUT2D eigenvalue weighted by Gasteiger charge is -2.45. The summed E-state index contributed by atoms with van der Waals surface area (Å²) in [5.41, 5.74) is 6.69. The Morgan fingerprint density at radius 2 is 2.00 bits per heavy atom. The second-order valence-electron chi connectivity index (χ2n) is 6.61. The SMILES string of the molecule is Cc1cn(C2COC3COC(c4ccccc4)OC3C2O)c(=O)nc1N. The minimum Gasteiger partial charge on any atom is -0.388 e. The van der Waals surface area contributed by atoms with Crippen LogP contribution in [0.5, 0.6) is 0 Å². The van der Waals surface area contributed by atoms with Crippen molar-refractivity contribution in [2.45, 2.75) is 37.6 Å². The van der Waals surface area contributed by atoms with E-state index in [1.54, 1.807) is 13.1 Å². The molecule has 3 N–H and O–H groups in total. The molecular weight excluding hydrogens is 338 g/mol. The normalized spacial score (nSPS) is 31.4. The molecule has 8 heteroatoms. The van der Waals surface area contributed by atoms with Crippen molar-refractivity contribution in [1.82, 2.24) is 9.55 Å². The van der Waals surface area contributed by atoms with E-state index in [0.717, 1.165) is 5.56 Å². The molecule has 0 radical (unpaired) electrons. The Balaban J connectivity index is 1.59. The molecule has 5 atom stereocenters. The molecule has 5 unspecified atom stereocenters. The van der Waals surface area contributed by atoms with Crippen LogP contribution in [0, 0.1) is 6.92 Å². The van der Waals surface area contributed by atoms with Crippen molar-refractivity contribution in [2.24, 2.45) is 0 Å². The third kappa shape index (κ3) is 3.01. The minimum absolute atomic E-state index is 0.163. The summed E-state index contributed by atoms with van der Waals surface area (Å²) < 4.78 is 18.9. The van der Waals surface area contributed by atoms with E-state index in [0.29, 0.717) is 12.2 Å². The molecule has 2 aliphatic heterocycles. The molecule has 0 saturated carbocycles. The van der Waals surface area contributed by atoms with Crippen LogP contribution < -0.4 is 11.4 Å². The number of fused-ring (bicyclic) bond motifs is 1. The molecule has 3 heterocycles. The third-order valence-corrected chi connectivity index (χ3v) is 4.87. The first kappa shape index (κ1) is 17.2. The van der Waals surface area contributed by atoms with Gasteiger partial charge in [-0.3, -0.25) is 4.57 Å². The summed E-state index contributed by atoms with van der Waals surface area (Å²) in [6.45, 7) is 2.23. The van der Waals surface area contributed by atoms with Crippen LogP contribution in [0.3, 0.4) is 0 Å². The van der Waals surface area contributed by atoms with Crippen molar-refractivity contribution in [1.29, 1.82) is 0 Å². The standard InChI is InChI=1S/C18H21N3O5/c1-10-7-21(18(23)20-16(10)19)12-8-24-13-9-25-17(26-15(13)14(12)22)11-5-3-2-4-6-11/h2-7,12-15,17,22H,8-9H2,1H3,(H2,19,20,23). The van der Waals surface area contributed by atoms with Crippen molar-refractivity contribution >= 4 is 5.82 Å². The van der Waals surface area contributed by atoms with Crippen LogP contribution in [0.4, 0.5) is 5.82 Å². The Morgan fingerprint density at radius 1 is 1.23 bits per heavy atom. The van der Waals surface area contributed by atoms with Gasteiger partial charge in [0, 0.05) is 17.3 Å². The van der Waals surface area contributed by atoms with Gasteiger partial charge in [-0.1, -0.05) is 30.3 Å². The van der Waals surface area contributed by atoms with Gasteiger partial charge in [-0.2, -0.15) is 4.98 Å². The van der Waals surface area contributed by atoms with E-state index in [4.69, 9.17) is 19.9 Å². The number of aliphatic hydroxyl groups excluding tert-OH is 1. The lowest BCUT2D eigenvalue weighted by molar-refractivity contribution is -0.306. The Kier molecular flexibility index (Phi) is 4.49. The van der Waals surface area contributed by atoms with Gasteiger partial charge in [-0.05, 0) is 6.92 Å². The molecule has 8 nitrogen and oxygen atoms in total. The van der Waals surface area contributed by atoms with Crippen molar-refractivity contribution in [3.05, 3.63) is 58.1 Å². The molecule has 0 bridgehead atoms. The maximum absolute atomic E-state index is 12.2. The number of hydrogen-bond acceptors (Lipinski definition) is 7. The summed E-state index contributed by atoms with van der Waals surface area (Å²) in [7, 11) is 0. The lowest BCUT2D eigenvalue weighted by atomic mass is 9.96. The minimum atomic E-state index is -0.939. The molecule has 1 aromatic carbocycles. The number of nitrogen functional groups attached to an aromatic ring is 1. The number of anilines is 1. The van der Waals surface area contributed by atoms with Crippen LogP contribution in [-0.4, -0.2) is 46.2 Å². The van der Waals surface area contributed by atoms with Crippen LogP contribution >= 0.6 is 0 Å². The number of aryl methyl sites for hydroxylation is 1. The Labute approximate surface area is 150 Å². The summed E-state index contributed by atoms with van der Waals surface area (Å²) >= 11 is 0. The number of benzene rings is 1. The molecule has 1 aromatic heterocycles. The van der Waals surface area contributed by atoms with Gasteiger partial charge in [0.05, 0.1) is 19.3 Å². The molecule has 2 aliphatic rings. The van der Waals surface area contributed by atoms with E-state index >= 15 is 0 Å². The van der Waals surface area contributed by atoms with Gasteiger partial charge >= 0.3 is 5.69 Å². The van der Waals surface area contributed by atoms with Gasteiger partial charge in [0.15, 0.2) is 6.29 Å². The molecule has 138 valence electrons. The smallest absolute Gasteiger partial charge is 0.349 e. The number of hydrogen-bond donors (Lipinski definition) is 2. The van der Waals surface area contributed by atoms with Gasteiger partial charge in [0.25, 0.3) is 0 Å². The number of aromatic nitrogens is 2. The predicted molar refractivity (Wildman–Crippen MR) is 92.4 cm³/mol. The van der Waals surface area contributed by atoms with E-state index < -0.39 is 30.2 Å². The molecular formula is C18H21N3O5. The molecule has 0 spiro atoms. The van der Waals surface area contributed by atoms with Crippen LogP contribution in [0.2, 0.25) is 0 Å². The molecule has 2 fully saturated rings. The van der Waals surface area contributed by atoms with E-state index in [1.165, 1.54) is 4.57 Å². The molecule has 2 aromatic rings. The number of rotatable bonds is 2. The van der Waals surface area contributed by atoms with Crippen LogP contribution in [-0.2, 0) is 14.2 Å². The first-order valence-electron chi connectivity index (χ1n) is 8.51. The second kappa shape index (κ2) is 6.81. The fourth-order valence-corrected chi connectivity index (χ4v) is 3.38. The second-order valence-corrected chi connectivity index (χ2v) is 6.61. The Bertz CT molecular complexity index is 840. The van der Waals surface area contributed by atoms with Crippen LogP contribution in [0.25, 0.3) is 0 Å². The highest BCUT2D eigenvalue weighted by molar-refractivity contribution is 5.35. The zero-order valence-corrected chi connectivity index (χ0v) is 14.3. The molecule has 0 aliphatic carbocycles. The summed E-state index contributed by atoms with van der Waals surface area (Å²) in [4.78, 5) is 16.0. The highest BCUT2D eigenvalue weighted by Crippen LogP contribution is 2.35. The fourth-order valence-electron chi connectivity index (χ4n) is 3.38. The lowest BCUT2D eigenvalue weighted by Crippen LogP contribution is -2.57. The van der Waals surface area contributed by atoms with Gasteiger partial charge in [0.1, 0.15) is 24.1 Å². The highest BCUT2D eigenvalue weighted by atomic mass is 16.7. The van der Waals surface area contributed by atoms with E-state index in [9.17, 15) is 9.90 Å². The van der Waals surface area contributed by atoms with Crippen molar-refractivity contribution in [3.63, 3.8) is 0 Å². The average Bonchev–Trinajstić information content (AvgIpc) is 2.66. The average molecular weight is 359 g/mol. The van der Waals surface area contributed by atoms with Crippen LogP contribution in [0.15, 0.2) is 41.3 Å². The highest BCUT2D eigenvalue weighted by Gasteiger charge is 2.46. The van der Waals surface area contributed by atoms with Gasteiger partial charge in [-0.15, -0.1) is 0 Å². The van der Waals surface area contributed by atoms with E-state index in [1.807, 2.05) is 30.3 Å². The summed E-state index contributed by atoms with van der Waals surface area (Å²) in [5.74, 6) is 0.182. The number of nitrogens with two attached hydrogens (primary N) is 1. The maximum Gasteiger partial charge on any atom is 0.349 e. The summed E-state index contributed by atoms with van der Waals surface area (Å²) in [6, 6.07) is 8.89. The largest absolute Gasteiger partial charge is 0.388 e. The van der Waals surface area contributed by atoms with E-state index in [-0.39, 0.29) is 18.5 Å². The zero-order valence-electron chi connectivity index (χ0n) is 14.3. The van der Waals surface area contributed by atoms with E-state index in [2.05, 4.69) is 4.98 Å². The van der Waals surface area contributed by atoms with Gasteiger partial charge in [0.2, 0.25) is 0 Å². The number of ether oxygens (including phenoxy) is 3. The number of aliphatic hydroxyl groups is 1.